The van der Waals surface area contributed by atoms with Crippen molar-refractivity contribution in [2.24, 2.45) is 5.41 Å². The zero-order valence-corrected chi connectivity index (χ0v) is 14.1. The number of aryl methyl sites for hydroxylation is 1. The topological polar surface area (TPSA) is 80.0 Å². The van der Waals surface area contributed by atoms with Crippen LogP contribution in [0.25, 0.3) is 0 Å². The molecule has 0 aromatic carbocycles. The summed E-state index contributed by atoms with van der Waals surface area (Å²) >= 11 is 0. The molecule has 0 atom stereocenters. The van der Waals surface area contributed by atoms with Crippen LogP contribution in [0.4, 0.5) is 4.79 Å². The molecular formula is C17H28N4O2. The summed E-state index contributed by atoms with van der Waals surface area (Å²) in [6.45, 7) is 2.30. The molecule has 1 heterocycles. The Morgan fingerprint density at radius 2 is 1.96 bits per heavy atom. The fourth-order valence-corrected chi connectivity index (χ4v) is 4.14. The molecule has 6 nitrogen and oxygen atoms in total. The molecule has 1 aromatic rings. The summed E-state index contributed by atoms with van der Waals surface area (Å²) in [5, 5.41) is 9.73. The van der Waals surface area contributed by atoms with Crippen molar-refractivity contribution in [2.45, 2.75) is 77.2 Å². The minimum atomic E-state index is -0.0779. The lowest BCUT2D eigenvalue weighted by Crippen LogP contribution is -2.45. The van der Waals surface area contributed by atoms with Crippen molar-refractivity contribution in [1.29, 1.82) is 0 Å². The van der Waals surface area contributed by atoms with Crippen molar-refractivity contribution in [2.75, 3.05) is 6.54 Å². The molecule has 3 rings (SSSR count). The molecule has 0 aliphatic heterocycles. The summed E-state index contributed by atoms with van der Waals surface area (Å²) in [6.07, 6.45) is 12.4. The first-order valence-corrected chi connectivity index (χ1v) is 8.99. The van der Waals surface area contributed by atoms with Crippen molar-refractivity contribution >= 4 is 6.03 Å². The van der Waals surface area contributed by atoms with Gasteiger partial charge in [0.1, 0.15) is 0 Å². The van der Waals surface area contributed by atoms with E-state index in [1.165, 1.54) is 44.9 Å². The molecule has 2 aliphatic carbocycles. The van der Waals surface area contributed by atoms with E-state index in [0.717, 1.165) is 12.8 Å². The van der Waals surface area contributed by atoms with Crippen LogP contribution in [-0.2, 0) is 6.42 Å². The molecule has 2 fully saturated rings. The number of urea groups is 1. The molecular weight excluding hydrogens is 292 g/mol. The van der Waals surface area contributed by atoms with Gasteiger partial charge in [-0.2, -0.15) is 4.98 Å². The largest absolute Gasteiger partial charge is 0.339 e. The van der Waals surface area contributed by atoms with Crippen LogP contribution in [0.1, 0.15) is 69.5 Å². The summed E-state index contributed by atoms with van der Waals surface area (Å²) in [7, 11) is 0. The Labute approximate surface area is 137 Å². The maximum Gasteiger partial charge on any atom is 0.315 e. The quantitative estimate of drug-likeness (QED) is 0.893. The van der Waals surface area contributed by atoms with Crippen LogP contribution < -0.4 is 10.6 Å². The van der Waals surface area contributed by atoms with Crippen LogP contribution in [0, 0.1) is 12.3 Å². The third kappa shape index (κ3) is 4.45. The highest BCUT2D eigenvalue weighted by Crippen LogP contribution is 2.47. The molecule has 128 valence electrons. The van der Waals surface area contributed by atoms with E-state index in [4.69, 9.17) is 4.52 Å². The third-order valence-corrected chi connectivity index (χ3v) is 5.49. The number of nitrogens with one attached hydrogen (secondary N) is 2. The van der Waals surface area contributed by atoms with E-state index in [0.29, 0.717) is 36.1 Å². The molecule has 6 heteroatoms. The van der Waals surface area contributed by atoms with Crippen LogP contribution in [0.15, 0.2) is 4.52 Å². The fourth-order valence-electron chi connectivity index (χ4n) is 4.14. The summed E-state index contributed by atoms with van der Waals surface area (Å²) < 4.78 is 5.03. The van der Waals surface area contributed by atoms with Gasteiger partial charge in [0.05, 0.1) is 0 Å². The van der Waals surface area contributed by atoms with E-state index in [-0.39, 0.29) is 6.03 Å². The molecule has 2 N–H and O–H groups in total. The molecule has 0 unspecified atom stereocenters. The van der Waals surface area contributed by atoms with Gasteiger partial charge in [0, 0.05) is 19.0 Å². The van der Waals surface area contributed by atoms with Crippen LogP contribution in [-0.4, -0.2) is 28.8 Å². The molecule has 2 amide bonds. The van der Waals surface area contributed by atoms with E-state index in [9.17, 15) is 4.79 Å². The van der Waals surface area contributed by atoms with Gasteiger partial charge in [-0.1, -0.05) is 24.4 Å². The van der Waals surface area contributed by atoms with Gasteiger partial charge in [-0.15, -0.1) is 0 Å². The Morgan fingerprint density at radius 3 is 2.61 bits per heavy atom. The number of nitrogens with zero attached hydrogens (tertiary/aromatic N) is 2. The van der Waals surface area contributed by atoms with Crippen LogP contribution in [0.5, 0.6) is 0 Å². The zero-order valence-electron chi connectivity index (χ0n) is 14.1. The molecule has 0 saturated heterocycles. The molecule has 23 heavy (non-hydrogen) atoms. The van der Waals surface area contributed by atoms with Gasteiger partial charge in [0.25, 0.3) is 0 Å². The summed E-state index contributed by atoms with van der Waals surface area (Å²) in [4.78, 5) is 16.1. The van der Waals surface area contributed by atoms with Crippen molar-refractivity contribution in [1.82, 2.24) is 20.8 Å². The minimum Gasteiger partial charge on any atom is -0.339 e. The highest BCUT2D eigenvalue weighted by atomic mass is 16.5. The number of aromatic nitrogens is 2. The number of carbonyl (C=O) groups is 1. The number of hydrogen-bond donors (Lipinski definition) is 2. The van der Waals surface area contributed by atoms with Crippen molar-refractivity contribution in [3.63, 3.8) is 0 Å². The third-order valence-electron chi connectivity index (χ3n) is 5.49. The van der Waals surface area contributed by atoms with Crippen LogP contribution in [0.3, 0.4) is 0 Å². The maximum atomic E-state index is 12.0. The predicted octanol–water partition coefficient (Wildman–Crippen LogP) is 3.11. The van der Waals surface area contributed by atoms with Gasteiger partial charge in [0.15, 0.2) is 5.82 Å². The molecule has 0 radical (unpaired) electrons. The lowest BCUT2D eigenvalue weighted by Gasteiger charge is -2.43. The Hall–Kier alpha value is -1.59. The SMILES string of the molecule is Cc1noc(CCNC(=O)NC2CCC3(CCCCC3)CC2)n1. The maximum absolute atomic E-state index is 12.0. The van der Waals surface area contributed by atoms with Crippen molar-refractivity contribution < 1.29 is 9.32 Å². The second-order valence-electron chi connectivity index (χ2n) is 7.22. The summed E-state index contributed by atoms with van der Waals surface area (Å²) in [5.74, 6) is 1.20. The normalized spacial score (nSPS) is 21.3. The van der Waals surface area contributed by atoms with E-state index in [1.54, 1.807) is 6.92 Å². The zero-order chi connectivity index (χ0) is 16.1. The second-order valence-corrected chi connectivity index (χ2v) is 7.22. The first-order chi connectivity index (χ1) is 11.2. The van der Waals surface area contributed by atoms with Gasteiger partial charge >= 0.3 is 6.03 Å². The van der Waals surface area contributed by atoms with Crippen molar-refractivity contribution in [3.8, 4) is 0 Å². The summed E-state index contributed by atoms with van der Waals surface area (Å²) in [6, 6.07) is 0.249. The second kappa shape index (κ2) is 7.32. The highest BCUT2D eigenvalue weighted by Gasteiger charge is 2.36. The minimum absolute atomic E-state index is 0.0779. The monoisotopic (exact) mass is 320 g/mol. The standard InChI is InChI=1S/C17H28N4O2/c1-13-19-15(23-21-13)7-12-18-16(22)20-14-5-10-17(11-6-14)8-3-2-4-9-17/h14H,2-12H2,1H3,(H2,18,20,22). The van der Waals surface area contributed by atoms with Crippen molar-refractivity contribution in [3.05, 3.63) is 11.7 Å². The first kappa shape index (κ1) is 16.3. The molecule has 1 aromatic heterocycles. The van der Waals surface area contributed by atoms with Gasteiger partial charge in [0.2, 0.25) is 5.89 Å². The summed E-state index contributed by atoms with van der Waals surface area (Å²) in [5.41, 5.74) is 0.600. The molecule has 1 spiro atoms. The molecule has 0 bridgehead atoms. The number of hydrogen-bond acceptors (Lipinski definition) is 4. The number of amides is 2. The Bertz CT molecular complexity index is 512. The molecule has 2 aliphatic rings. The Balaban J connectivity index is 1.34. The average molecular weight is 320 g/mol. The van der Waals surface area contributed by atoms with Crippen LogP contribution in [0.2, 0.25) is 0 Å². The number of rotatable bonds is 4. The Morgan fingerprint density at radius 1 is 1.22 bits per heavy atom. The smallest absolute Gasteiger partial charge is 0.315 e. The lowest BCUT2D eigenvalue weighted by atomic mass is 9.64. The molecule has 2 saturated carbocycles. The van der Waals surface area contributed by atoms with E-state index in [2.05, 4.69) is 20.8 Å². The van der Waals surface area contributed by atoms with Gasteiger partial charge < -0.3 is 15.2 Å². The Kier molecular flexibility index (Phi) is 5.18. The fraction of sp³-hybridized carbons (Fsp3) is 0.824. The van der Waals surface area contributed by atoms with E-state index in [1.807, 2.05) is 0 Å². The van der Waals surface area contributed by atoms with E-state index >= 15 is 0 Å². The van der Waals surface area contributed by atoms with Gasteiger partial charge in [-0.25, -0.2) is 4.79 Å². The predicted molar refractivity (Wildman–Crippen MR) is 87.0 cm³/mol. The lowest BCUT2D eigenvalue weighted by molar-refractivity contribution is 0.108. The van der Waals surface area contributed by atoms with Crippen LogP contribution >= 0.6 is 0 Å². The van der Waals surface area contributed by atoms with Gasteiger partial charge in [-0.3, -0.25) is 0 Å². The van der Waals surface area contributed by atoms with Gasteiger partial charge in [-0.05, 0) is 50.9 Å². The first-order valence-electron chi connectivity index (χ1n) is 8.99. The van der Waals surface area contributed by atoms with E-state index < -0.39 is 0 Å². The average Bonchev–Trinajstić information content (AvgIpc) is 2.96. The highest BCUT2D eigenvalue weighted by molar-refractivity contribution is 5.74. The number of carbonyl (C=O) groups excluding carboxylic acids is 1.